The second kappa shape index (κ2) is 8.22. The van der Waals surface area contributed by atoms with Crippen LogP contribution in [0.25, 0.3) is 22.3 Å². The number of nitrogens with zero attached hydrogens (tertiary/aromatic N) is 3. The lowest BCUT2D eigenvalue weighted by Crippen LogP contribution is -2.15. The predicted octanol–water partition coefficient (Wildman–Crippen LogP) is 5.33. The summed E-state index contributed by atoms with van der Waals surface area (Å²) in [5.74, 6) is 0.847. The van der Waals surface area contributed by atoms with E-state index in [2.05, 4.69) is 24.3 Å². The number of methoxy groups -OCH3 is 1. The Hall–Kier alpha value is -3.67. The van der Waals surface area contributed by atoms with Crippen molar-refractivity contribution >= 4 is 22.6 Å². The lowest BCUT2D eigenvalue weighted by atomic mass is 10.0. The molecule has 0 fully saturated rings. The number of hydrogen-bond donors (Lipinski definition) is 1. The first-order valence-electron chi connectivity index (χ1n) is 10.3. The van der Waals surface area contributed by atoms with E-state index in [9.17, 15) is 4.79 Å². The molecule has 0 saturated carbocycles. The second-order valence-electron chi connectivity index (χ2n) is 7.89. The zero-order chi connectivity index (χ0) is 22.1. The molecule has 4 rings (SSSR count). The minimum absolute atomic E-state index is 0.180. The van der Waals surface area contributed by atoms with Crippen LogP contribution in [0.2, 0.25) is 0 Å². The number of hydrogen-bond acceptors (Lipinski definition) is 4. The lowest BCUT2D eigenvalue weighted by Gasteiger charge is -2.14. The Morgan fingerprint density at radius 2 is 1.87 bits per heavy atom. The van der Waals surface area contributed by atoms with E-state index in [-0.39, 0.29) is 5.91 Å². The second-order valence-corrected chi connectivity index (χ2v) is 7.89. The fourth-order valence-electron chi connectivity index (χ4n) is 3.86. The lowest BCUT2D eigenvalue weighted by molar-refractivity contribution is 0.102. The summed E-state index contributed by atoms with van der Waals surface area (Å²) in [4.78, 5) is 18.3. The first kappa shape index (κ1) is 20.6. The number of carbonyl (C=O) groups is 1. The Morgan fingerprint density at radius 3 is 2.61 bits per heavy atom. The molecule has 31 heavy (non-hydrogen) atoms. The molecular weight excluding hydrogens is 388 g/mol. The molecule has 6 nitrogen and oxygen atoms in total. The van der Waals surface area contributed by atoms with Gasteiger partial charge in [0.25, 0.3) is 5.91 Å². The quantitative estimate of drug-likeness (QED) is 0.479. The van der Waals surface area contributed by atoms with E-state index >= 15 is 0 Å². The Morgan fingerprint density at radius 1 is 1.10 bits per heavy atom. The zero-order valence-corrected chi connectivity index (χ0v) is 18.4. The van der Waals surface area contributed by atoms with Gasteiger partial charge in [0.2, 0.25) is 0 Å². The maximum Gasteiger partial charge on any atom is 0.256 e. The third-order valence-electron chi connectivity index (χ3n) is 5.41. The number of fused-ring (bicyclic) bond motifs is 1. The number of aromatic nitrogens is 3. The predicted molar refractivity (Wildman–Crippen MR) is 124 cm³/mol. The third-order valence-corrected chi connectivity index (χ3v) is 5.41. The Balaban J connectivity index is 1.85. The van der Waals surface area contributed by atoms with Crippen LogP contribution in [-0.2, 0) is 7.05 Å². The summed E-state index contributed by atoms with van der Waals surface area (Å²) in [5, 5.41) is 8.37. The van der Waals surface area contributed by atoms with Gasteiger partial charge >= 0.3 is 0 Å². The highest BCUT2D eigenvalue weighted by atomic mass is 16.5. The molecule has 6 heteroatoms. The maximum absolute atomic E-state index is 13.5. The smallest absolute Gasteiger partial charge is 0.256 e. The molecule has 0 atom stereocenters. The maximum atomic E-state index is 13.5. The summed E-state index contributed by atoms with van der Waals surface area (Å²) < 4.78 is 7.07. The van der Waals surface area contributed by atoms with Gasteiger partial charge in [-0.1, -0.05) is 44.2 Å². The van der Waals surface area contributed by atoms with Crippen LogP contribution in [-0.4, -0.2) is 27.8 Å². The van der Waals surface area contributed by atoms with Gasteiger partial charge in [-0.25, -0.2) is 4.98 Å². The van der Waals surface area contributed by atoms with Crippen LogP contribution in [0.3, 0.4) is 0 Å². The van der Waals surface area contributed by atoms with Gasteiger partial charge in [-0.3, -0.25) is 9.48 Å². The van der Waals surface area contributed by atoms with Crippen LogP contribution in [0.5, 0.6) is 5.75 Å². The normalized spacial score (nSPS) is 11.2. The molecule has 158 valence electrons. The van der Waals surface area contributed by atoms with E-state index < -0.39 is 0 Å². The number of para-hydroxylation sites is 1. The fourth-order valence-corrected chi connectivity index (χ4v) is 3.86. The molecule has 2 aromatic heterocycles. The number of carbonyl (C=O) groups excluding carboxylic acids is 1. The average Bonchev–Trinajstić information content (AvgIpc) is 3.06. The molecule has 0 spiro atoms. The van der Waals surface area contributed by atoms with Crippen LogP contribution >= 0.6 is 0 Å². The molecule has 4 aromatic rings. The topological polar surface area (TPSA) is 69.0 Å². The first-order valence-corrected chi connectivity index (χ1v) is 10.3. The van der Waals surface area contributed by atoms with Crippen LogP contribution in [0, 0.1) is 6.92 Å². The molecule has 0 radical (unpaired) electrons. The van der Waals surface area contributed by atoms with Crippen molar-refractivity contribution in [3.05, 3.63) is 71.4 Å². The molecule has 0 aliphatic heterocycles. The van der Waals surface area contributed by atoms with Crippen LogP contribution < -0.4 is 10.1 Å². The van der Waals surface area contributed by atoms with Crippen molar-refractivity contribution in [2.45, 2.75) is 26.7 Å². The summed E-state index contributed by atoms with van der Waals surface area (Å²) in [6.07, 6.45) is 0. The van der Waals surface area contributed by atoms with Gasteiger partial charge in [-0.05, 0) is 42.7 Å². The molecule has 2 heterocycles. The Bertz CT molecular complexity index is 1270. The van der Waals surface area contributed by atoms with Crippen LogP contribution in [0.1, 0.15) is 41.4 Å². The van der Waals surface area contributed by atoms with Crippen molar-refractivity contribution in [2.75, 3.05) is 12.4 Å². The van der Waals surface area contributed by atoms with Gasteiger partial charge in [0.05, 0.1) is 29.4 Å². The molecule has 0 aliphatic rings. The summed E-state index contributed by atoms with van der Waals surface area (Å²) in [7, 11) is 3.47. The molecule has 0 bridgehead atoms. The van der Waals surface area contributed by atoms with E-state index in [0.29, 0.717) is 22.8 Å². The summed E-state index contributed by atoms with van der Waals surface area (Å²) in [5.41, 5.74) is 5.46. The van der Waals surface area contributed by atoms with Crippen LogP contribution in [0.4, 0.5) is 5.69 Å². The van der Waals surface area contributed by atoms with Gasteiger partial charge in [0.15, 0.2) is 5.65 Å². The number of pyridine rings is 1. The van der Waals surface area contributed by atoms with Crippen molar-refractivity contribution < 1.29 is 9.53 Å². The Labute approximate surface area is 181 Å². The van der Waals surface area contributed by atoms with E-state index in [1.807, 2.05) is 68.6 Å². The average molecular weight is 415 g/mol. The van der Waals surface area contributed by atoms with E-state index in [0.717, 1.165) is 33.6 Å². The van der Waals surface area contributed by atoms with Gasteiger partial charge in [0, 0.05) is 18.3 Å². The van der Waals surface area contributed by atoms with E-state index in [1.54, 1.807) is 11.8 Å². The largest absolute Gasteiger partial charge is 0.497 e. The summed E-state index contributed by atoms with van der Waals surface area (Å²) in [6, 6.07) is 17.4. The van der Waals surface area contributed by atoms with Crippen molar-refractivity contribution in [3.8, 4) is 17.0 Å². The molecular formula is C25H26N4O2. The van der Waals surface area contributed by atoms with Gasteiger partial charge in [-0.2, -0.15) is 5.10 Å². The van der Waals surface area contributed by atoms with Crippen molar-refractivity contribution in [1.82, 2.24) is 14.8 Å². The number of anilines is 1. The van der Waals surface area contributed by atoms with Crippen molar-refractivity contribution in [2.24, 2.45) is 7.05 Å². The monoisotopic (exact) mass is 414 g/mol. The summed E-state index contributed by atoms with van der Waals surface area (Å²) >= 11 is 0. The molecule has 1 N–H and O–H groups in total. The Kier molecular flexibility index (Phi) is 5.46. The number of nitrogens with one attached hydrogen (secondary N) is 1. The molecule has 1 amide bonds. The zero-order valence-electron chi connectivity index (χ0n) is 18.4. The van der Waals surface area contributed by atoms with E-state index in [1.165, 1.54) is 0 Å². The van der Waals surface area contributed by atoms with E-state index in [4.69, 9.17) is 9.72 Å². The number of benzene rings is 2. The number of ether oxygens (including phenoxy) is 1. The third kappa shape index (κ3) is 3.89. The number of amides is 1. The minimum Gasteiger partial charge on any atom is -0.497 e. The number of rotatable bonds is 5. The van der Waals surface area contributed by atoms with Crippen molar-refractivity contribution in [3.63, 3.8) is 0 Å². The standard InChI is InChI=1S/C25H26N4O2/c1-15(2)19-11-6-7-12-21(19)27-25(30)20-14-22(17-9-8-10-18(13-17)31-5)26-24-23(20)16(3)28-29(24)4/h6-15H,1-5H3,(H,27,30). The molecule has 2 aromatic carbocycles. The highest BCUT2D eigenvalue weighted by Gasteiger charge is 2.20. The molecule has 0 aliphatic carbocycles. The number of aryl methyl sites for hydroxylation is 2. The first-order chi connectivity index (χ1) is 14.9. The fraction of sp³-hybridized carbons (Fsp3) is 0.240. The highest BCUT2D eigenvalue weighted by molar-refractivity contribution is 6.13. The van der Waals surface area contributed by atoms with Crippen LogP contribution in [0.15, 0.2) is 54.6 Å². The highest BCUT2D eigenvalue weighted by Crippen LogP contribution is 2.30. The minimum atomic E-state index is -0.180. The molecule has 0 unspecified atom stereocenters. The SMILES string of the molecule is COc1cccc(-c2cc(C(=O)Nc3ccccc3C(C)C)c3c(C)nn(C)c3n2)c1. The molecule has 0 saturated heterocycles. The van der Waals surface area contributed by atoms with Gasteiger partial charge < -0.3 is 10.1 Å². The summed E-state index contributed by atoms with van der Waals surface area (Å²) in [6.45, 7) is 6.12. The van der Waals surface area contributed by atoms with Gasteiger partial charge in [0.1, 0.15) is 5.75 Å². The van der Waals surface area contributed by atoms with Crippen molar-refractivity contribution in [1.29, 1.82) is 0 Å². The van der Waals surface area contributed by atoms with Gasteiger partial charge in [-0.15, -0.1) is 0 Å².